The zero-order valence-electron chi connectivity index (χ0n) is 17.4. The van der Waals surface area contributed by atoms with Crippen LogP contribution in [-0.2, 0) is 11.3 Å². The van der Waals surface area contributed by atoms with Gasteiger partial charge in [0.15, 0.2) is 11.7 Å². The van der Waals surface area contributed by atoms with Gasteiger partial charge in [0.1, 0.15) is 5.75 Å². The largest absolute Gasteiger partial charge is 0.484 e. The molecule has 1 amide bonds. The summed E-state index contributed by atoms with van der Waals surface area (Å²) >= 11 is 7.75. The molecule has 31 heavy (non-hydrogen) atoms. The molecule has 8 heteroatoms. The van der Waals surface area contributed by atoms with Crippen molar-refractivity contribution in [3.05, 3.63) is 71.3 Å². The Morgan fingerprint density at radius 1 is 1.26 bits per heavy atom. The monoisotopic (exact) mass is 454 g/mol. The van der Waals surface area contributed by atoms with Gasteiger partial charge in [0.2, 0.25) is 0 Å². The third kappa shape index (κ3) is 5.06. The van der Waals surface area contributed by atoms with Crippen LogP contribution in [0.3, 0.4) is 0 Å². The maximum Gasteiger partial charge on any atom is 0.266 e. The summed E-state index contributed by atoms with van der Waals surface area (Å²) in [6.07, 6.45) is 6.20. The van der Waals surface area contributed by atoms with E-state index in [1.54, 1.807) is 17.4 Å². The Bertz CT molecular complexity index is 1190. The molecule has 0 fully saturated rings. The van der Waals surface area contributed by atoms with E-state index in [0.29, 0.717) is 22.4 Å². The molecule has 0 spiro atoms. The summed E-state index contributed by atoms with van der Waals surface area (Å²) in [5.74, 6) is 0.550. The van der Waals surface area contributed by atoms with Gasteiger partial charge < -0.3 is 9.30 Å². The van der Waals surface area contributed by atoms with Crippen LogP contribution in [0.5, 0.6) is 5.75 Å². The van der Waals surface area contributed by atoms with E-state index < -0.39 is 0 Å². The van der Waals surface area contributed by atoms with Crippen LogP contribution in [0, 0.1) is 13.8 Å². The molecule has 0 saturated carbocycles. The number of halogens is 1. The second-order valence-electron chi connectivity index (χ2n) is 7.32. The zero-order chi connectivity index (χ0) is 21.8. The standard InChI is InChI=1S/C23H23ClN4O2S/c1-16-5-3-6-18(13-16)30-14-21(29)28(11-4-10-27-12-9-25-15-27)23-26-22-17(2)19(24)7-8-20(22)31-23/h3,5-9,12-13,15H,4,10-11,14H2,1-2H3. The second kappa shape index (κ2) is 9.49. The lowest BCUT2D eigenvalue weighted by Gasteiger charge is -2.20. The van der Waals surface area contributed by atoms with E-state index in [2.05, 4.69) is 4.98 Å². The third-order valence-electron chi connectivity index (χ3n) is 4.98. The maximum absolute atomic E-state index is 13.1. The molecule has 0 N–H and O–H groups in total. The number of thiazole rings is 1. The van der Waals surface area contributed by atoms with Gasteiger partial charge in [-0.1, -0.05) is 35.1 Å². The molecular weight excluding hydrogens is 432 g/mol. The molecule has 4 rings (SSSR count). The van der Waals surface area contributed by atoms with Crippen molar-refractivity contribution in [2.45, 2.75) is 26.8 Å². The van der Waals surface area contributed by atoms with Crippen LogP contribution in [0.4, 0.5) is 5.13 Å². The summed E-state index contributed by atoms with van der Waals surface area (Å²) < 4.78 is 8.77. The van der Waals surface area contributed by atoms with Crippen molar-refractivity contribution in [3.8, 4) is 5.75 Å². The maximum atomic E-state index is 13.1. The first kappa shape index (κ1) is 21.3. The van der Waals surface area contributed by atoms with Crippen LogP contribution in [0.15, 0.2) is 55.1 Å². The lowest BCUT2D eigenvalue weighted by Crippen LogP contribution is -2.36. The Balaban J connectivity index is 1.54. The smallest absolute Gasteiger partial charge is 0.266 e. The predicted octanol–water partition coefficient (Wildman–Crippen LogP) is 5.27. The lowest BCUT2D eigenvalue weighted by molar-refractivity contribution is -0.120. The van der Waals surface area contributed by atoms with Gasteiger partial charge in [-0.15, -0.1) is 0 Å². The van der Waals surface area contributed by atoms with E-state index in [9.17, 15) is 4.79 Å². The molecule has 0 unspecified atom stereocenters. The fourth-order valence-electron chi connectivity index (χ4n) is 3.29. The highest BCUT2D eigenvalue weighted by Gasteiger charge is 2.21. The average molecular weight is 455 g/mol. The number of carbonyl (C=O) groups excluding carboxylic acids is 1. The number of carbonyl (C=O) groups is 1. The highest BCUT2D eigenvalue weighted by atomic mass is 35.5. The average Bonchev–Trinajstić information content (AvgIpc) is 3.42. The summed E-state index contributed by atoms with van der Waals surface area (Å²) in [6.45, 7) is 5.18. The number of ether oxygens (including phenoxy) is 1. The summed E-state index contributed by atoms with van der Waals surface area (Å²) in [4.78, 5) is 23.7. The van der Waals surface area contributed by atoms with Crippen molar-refractivity contribution >= 4 is 44.2 Å². The fourth-order valence-corrected chi connectivity index (χ4v) is 4.51. The van der Waals surface area contributed by atoms with Crippen LogP contribution in [0.2, 0.25) is 5.02 Å². The molecule has 0 aliphatic heterocycles. The van der Waals surface area contributed by atoms with Crippen LogP contribution in [0.1, 0.15) is 17.5 Å². The van der Waals surface area contributed by atoms with Crippen molar-refractivity contribution in [3.63, 3.8) is 0 Å². The normalized spacial score (nSPS) is 11.1. The molecule has 2 aromatic carbocycles. The molecule has 6 nitrogen and oxygen atoms in total. The minimum absolute atomic E-state index is 0.0514. The lowest BCUT2D eigenvalue weighted by atomic mass is 10.2. The van der Waals surface area contributed by atoms with Gasteiger partial charge in [-0.25, -0.2) is 9.97 Å². The van der Waals surface area contributed by atoms with Crippen molar-refractivity contribution in [2.75, 3.05) is 18.1 Å². The molecule has 0 aliphatic carbocycles. The Hall–Kier alpha value is -2.90. The Kier molecular flexibility index (Phi) is 6.53. The number of anilines is 1. The quantitative estimate of drug-likeness (QED) is 0.364. The third-order valence-corrected chi connectivity index (χ3v) is 6.43. The van der Waals surface area contributed by atoms with E-state index in [4.69, 9.17) is 21.3 Å². The van der Waals surface area contributed by atoms with E-state index in [1.807, 2.05) is 61.0 Å². The second-order valence-corrected chi connectivity index (χ2v) is 8.74. The summed E-state index contributed by atoms with van der Waals surface area (Å²) in [5.41, 5.74) is 2.84. The van der Waals surface area contributed by atoms with Crippen LogP contribution in [-0.4, -0.2) is 33.6 Å². The van der Waals surface area contributed by atoms with E-state index >= 15 is 0 Å². The number of imidazole rings is 1. The molecule has 2 aromatic heterocycles. The first-order valence-corrected chi connectivity index (χ1v) is 11.2. The number of benzene rings is 2. The Labute approximate surface area is 190 Å². The first-order valence-electron chi connectivity index (χ1n) is 10.0. The summed E-state index contributed by atoms with van der Waals surface area (Å²) in [7, 11) is 0. The number of fused-ring (bicyclic) bond motifs is 1. The van der Waals surface area contributed by atoms with Gasteiger partial charge in [0.25, 0.3) is 5.91 Å². The first-order chi connectivity index (χ1) is 15.0. The Morgan fingerprint density at radius 2 is 2.13 bits per heavy atom. The molecule has 0 radical (unpaired) electrons. The summed E-state index contributed by atoms with van der Waals surface area (Å²) in [5, 5.41) is 1.33. The van der Waals surface area contributed by atoms with Gasteiger partial charge in [-0.3, -0.25) is 9.69 Å². The molecular formula is C23H23ClN4O2S. The zero-order valence-corrected chi connectivity index (χ0v) is 19.0. The fraction of sp³-hybridized carbons (Fsp3) is 0.261. The molecule has 160 valence electrons. The number of aromatic nitrogens is 3. The topological polar surface area (TPSA) is 60.2 Å². The van der Waals surface area contributed by atoms with Gasteiger partial charge in [0, 0.05) is 30.5 Å². The molecule has 0 bridgehead atoms. The highest BCUT2D eigenvalue weighted by Crippen LogP contribution is 2.33. The minimum Gasteiger partial charge on any atom is -0.484 e. The van der Waals surface area contributed by atoms with E-state index in [-0.39, 0.29) is 12.5 Å². The van der Waals surface area contributed by atoms with Crippen molar-refractivity contribution in [2.24, 2.45) is 0 Å². The van der Waals surface area contributed by atoms with Crippen molar-refractivity contribution < 1.29 is 9.53 Å². The highest BCUT2D eigenvalue weighted by molar-refractivity contribution is 7.22. The van der Waals surface area contributed by atoms with Crippen molar-refractivity contribution in [1.29, 1.82) is 0 Å². The molecule has 0 aliphatic rings. The van der Waals surface area contributed by atoms with E-state index in [1.165, 1.54) is 11.3 Å². The number of hydrogen-bond donors (Lipinski definition) is 0. The van der Waals surface area contributed by atoms with Crippen molar-refractivity contribution in [1.82, 2.24) is 14.5 Å². The SMILES string of the molecule is Cc1cccc(OCC(=O)N(CCCn2ccnc2)c2nc3c(C)c(Cl)ccc3s2)c1. The molecule has 2 heterocycles. The van der Waals surface area contributed by atoms with Gasteiger partial charge >= 0.3 is 0 Å². The Morgan fingerprint density at radius 3 is 2.90 bits per heavy atom. The minimum atomic E-state index is -0.130. The number of aryl methyl sites for hydroxylation is 3. The summed E-state index contributed by atoms with van der Waals surface area (Å²) in [6, 6.07) is 11.5. The number of amides is 1. The van der Waals surface area contributed by atoms with Gasteiger partial charge in [-0.2, -0.15) is 0 Å². The number of rotatable bonds is 8. The molecule has 0 atom stereocenters. The van der Waals surface area contributed by atoms with E-state index in [0.717, 1.165) is 34.3 Å². The predicted molar refractivity (Wildman–Crippen MR) is 125 cm³/mol. The van der Waals surface area contributed by atoms with Gasteiger partial charge in [0.05, 0.1) is 16.5 Å². The van der Waals surface area contributed by atoms with Crippen LogP contribution >= 0.6 is 22.9 Å². The number of nitrogens with zero attached hydrogens (tertiary/aromatic N) is 4. The number of hydrogen-bond acceptors (Lipinski definition) is 5. The van der Waals surface area contributed by atoms with Crippen LogP contribution < -0.4 is 9.64 Å². The van der Waals surface area contributed by atoms with Gasteiger partial charge in [-0.05, 0) is 55.7 Å². The molecule has 0 saturated heterocycles. The molecule has 4 aromatic rings. The van der Waals surface area contributed by atoms with Crippen LogP contribution in [0.25, 0.3) is 10.2 Å².